The Kier molecular flexibility index (Phi) is 4.90. The van der Waals surface area contributed by atoms with E-state index in [0.29, 0.717) is 23.7 Å². The van der Waals surface area contributed by atoms with Crippen LogP contribution in [0.1, 0.15) is 37.0 Å². The van der Waals surface area contributed by atoms with Crippen molar-refractivity contribution in [1.82, 2.24) is 0 Å². The third kappa shape index (κ3) is 4.17. The van der Waals surface area contributed by atoms with Crippen LogP contribution in [0.15, 0.2) is 24.3 Å². The molecule has 2 rings (SSSR count). The van der Waals surface area contributed by atoms with Crippen LogP contribution >= 0.6 is 0 Å². The number of benzene rings is 1. The minimum atomic E-state index is 0.0107. The molecule has 1 aromatic rings. The number of nitrogens with one attached hydrogen (secondary N) is 2. The molecule has 20 heavy (non-hydrogen) atoms. The fourth-order valence-electron chi connectivity index (χ4n) is 2.81. The summed E-state index contributed by atoms with van der Waals surface area (Å²) in [5.74, 6) is 0.735. The number of Topliss-reactive ketones (excluding diaryl/α,β-unsaturated/α-hetero) is 1. The van der Waals surface area contributed by atoms with Crippen molar-refractivity contribution in [2.45, 2.75) is 26.7 Å². The Balaban J connectivity index is 1.91. The topological polar surface area (TPSA) is 50.6 Å². The van der Waals surface area contributed by atoms with E-state index < -0.39 is 0 Å². The van der Waals surface area contributed by atoms with Gasteiger partial charge in [-0.3, -0.25) is 9.59 Å². The second kappa shape index (κ2) is 6.66. The quantitative estimate of drug-likeness (QED) is 0.810. The molecule has 0 spiro atoms. The monoisotopic (exact) mass is 275 g/mol. The lowest BCUT2D eigenvalue weighted by molar-refractivity contribution is -0.900. The van der Waals surface area contributed by atoms with Gasteiger partial charge in [-0.1, -0.05) is 19.1 Å². The highest BCUT2D eigenvalue weighted by atomic mass is 16.2. The highest BCUT2D eigenvalue weighted by molar-refractivity contribution is 5.97. The summed E-state index contributed by atoms with van der Waals surface area (Å²) in [6.45, 7) is 6.42. The molecular weight excluding hydrogens is 252 g/mol. The zero-order valence-corrected chi connectivity index (χ0v) is 12.2. The molecule has 1 unspecified atom stereocenters. The average Bonchev–Trinajstić information content (AvgIpc) is 2.38. The smallest absolute Gasteiger partial charge is 0.279 e. The van der Waals surface area contributed by atoms with Gasteiger partial charge in [-0.2, -0.15) is 0 Å². The van der Waals surface area contributed by atoms with Crippen molar-refractivity contribution >= 4 is 17.4 Å². The summed E-state index contributed by atoms with van der Waals surface area (Å²) in [4.78, 5) is 24.7. The predicted molar refractivity (Wildman–Crippen MR) is 79.0 cm³/mol. The molecule has 1 amide bonds. The Bertz CT molecular complexity index is 499. The Morgan fingerprint density at radius 2 is 2.20 bits per heavy atom. The second-order valence-electron chi connectivity index (χ2n) is 5.81. The summed E-state index contributed by atoms with van der Waals surface area (Å²) < 4.78 is 0. The molecule has 0 radical (unpaired) electrons. The van der Waals surface area contributed by atoms with E-state index in [4.69, 9.17) is 0 Å². The van der Waals surface area contributed by atoms with E-state index in [9.17, 15) is 9.59 Å². The molecule has 1 aliphatic rings. The highest BCUT2D eigenvalue weighted by Crippen LogP contribution is 2.11. The molecule has 1 aromatic carbocycles. The molecule has 1 aliphatic heterocycles. The molecule has 0 aliphatic carbocycles. The summed E-state index contributed by atoms with van der Waals surface area (Å²) in [6.07, 6.45) is 2.47. The Hall–Kier alpha value is -1.68. The number of amides is 1. The molecule has 1 fully saturated rings. The van der Waals surface area contributed by atoms with Gasteiger partial charge in [0, 0.05) is 17.2 Å². The van der Waals surface area contributed by atoms with Crippen LogP contribution in [0.2, 0.25) is 0 Å². The average molecular weight is 275 g/mol. The lowest BCUT2D eigenvalue weighted by Crippen LogP contribution is -3.14. The first-order valence-electron chi connectivity index (χ1n) is 7.29. The van der Waals surface area contributed by atoms with Crippen LogP contribution in [0.25, 0.3) is 0 Å². The number of ketones is 1. The summed E-state index contributed by atoms with van der Waals surface area (Å²) in [5, 5.41) is 2.89. The van der Waals surface area contributed by atoms with E-state index in [1.807, 2.05) is 6.07 Å². The number of likely N-dealkylation sites (tertiary alicyclic amines) is 1. The van der Waals surface area contributed by atoms with Gasteiger partial charge >= 0.3 is 0 Å². The minimum absolute atomic E-state index is 0.0107. The first kappa shape index (κ1) is 14.7. The summed E-state index contributed by atoms with van der Waals surface area (Å²) in [7, 11) is 0. The van der Waals surface area contributed by atoms with Gasteiger partial charge < -0.3 is 10.2 Å². The van der Waals surface area contributed by atoms with Crippen LogP contribution in [0, 0.1) is 5.92 Å². The maximum absolute atomic E-state index is 12.1. The van der Waals surface area contributed by atoms with Gasteiger partial charge in [0.25, 0.3) is 5.91 Å². The minimum Gasteiger partial charge on any atom is -0.327 e. The maximum Gasteiger partial charge on any atom is 0.279 e. The third-order valence-corrected chi connectivity index (χ3v) is 3.83. The van der Waals surface area contributed by atoms with Crippen LogP contribution in [0.3, 0.4) is 0 Å². The third-order valence-electron chi connectivity index (χ3n) is 3.83. The predicted octanol–water partition coefficient (Wildman–Crippen LogP) is 1.14. The van der Waals surface area contributed by atoms with Gasteiger partial charge in [-0.05, 0) is 31.9 Å². The van der Waals surface area contributed by atoms with Crippen molar-refractivity contribution < 1.29 is 14.5 Å². The van der Waals surface area contributed by atoms with Gasteiger partial charge in [0.05, 0.1) is 13.1 Å². The number of hydrogen-bond acceptors (Lipinski definition) is 2. The van der Waals surface area contributed by atoms with Crippen LogP contribution < -0.4 is 10.2 Å². The van der Waals surface area contributed by atoms with Crippen LogP contribution in [-0.2, 0) is 4.79 Å². The fraction of sp³-hybridized carbons (Fsp3) is 0.500. The van der Waals surface area contributed by atoms with Gasteiger partial charge in [-0.15, -0.1) is 0 Å². The standard InChI is InChI=1S/C16H22N2O2/c1-12-5-4-8-18(10-12)11-16(20)17-15-7-3-6-14(9-15)13(2)19/h3,6-7,9,12H,4-5,8,10-11H2,1-2H3,(H,17,20)/p+1/t12-/m0/s1. The van der Waals surface area contributed by atoms with Crippen LogP contribution in [-0.4, -0.2) is 31.3 Å². The number of carbonyl (C=O) groups is 2. The molecule has 0 saturated carbocycles. The van der Waals surface area contributed by atoms with E-state index in [-0.39, 0.29) is 11.7 Å². The lowest BCUT2D eigenvalue weighted by Gasteiger charge is -2.27. The zero-order valence-electron chi connectivity index (χ0n) is 12.2. The molecule has 2 atom stereocenters. The highest BCUT2D eigenvalue weighted by Gasteiger charge is 2.21. The number of carbonyl (C=O) groups excluding carboxylic acids is 2. The Morgan fingerprint density at radius 3 is 2.90 bits per heavy atom. The van der Waals surface area contributed by atoms with Gasteiger partial charge in [0.1, 0.15) is 0 Å². The van der Waals surface area contributed by atoms with E-state index >= 15 is 0 Å². The van der Waals surface area contributed by atoms with E-state index in [1.165, 1.54) is 24.7 Å². The molecule has 2 N–H and O–H groups in total. The SMILES string of the molecule is CC(=O)c1cccc(NC(=O)C[NH+]2CCC[C@H](C)C2)c1. The lowest BCUT2D eigenvalue weighted by atomic mass is 10.0. The van der Waals surface area contributed by atoms with Gasteiger partial charge in [0.15, 0.2) is 12.3 Å². The second-order valence-corrected chi connectivity index (χ2v) is 5.81. The number of hydrogen-bond donors (Lipinski definition) is 2. The van der Waals surface area contributed by atoms with Crippen molar-refractivity contribution in [2.75, 3.05) is 25.0 Å². The van der Waals surface area contributed by atoms with Crippen molar-refractivity contribution in [3.05, 3.63) is 29.8 Å². The molecule has 4 nitrogen and oxygen atoms in total. The van der Waals surface area contributed by atoms with Crippen LogP contribution in [0.5, 0.6) is 0 Å². The van der Waals surface area contributed by atoms with Crippen molar-refractivity contribution in [1.29, 1.82) is 0 Å². The Labute approximate surface area is 120 Å². The molecule has 1 saturated heterocycles. The van der Waals surface area contributed by atoms with E-state index in [2.05, 4.69) is 12.2 Å². The number of piperidine rings is 1. The molecule has 0 aromatic heterocycles. The van der Waals surface area contributed by atoms with Crippen LogP contribution in [0.4, 0.5) is 5.69 Å². The summed E-state index contributed by atoms with van der Waals surface area (Å²) in [6, 6.07) is 7.10. The van der Waals surface area contributed by atoms with E-state index in [0.717, 1.165) is 13.1 Å². The van der Waals surface area contributed by atoms with Crippen molar-refractivity contribution in [3.8, 4) is 0 Å². The first-order chi connectivity index (χ1) is 9.54. The number of rotatable bonds is 4. The molecule has 0 bridgehead atoms. The van der Waals surface area contributed by atoms with Crippen molar-refractivity contribution in [3.63, 3.8) is 0 Å². The summed E-state index contributed by atoms with van der Waals surface area (Å²) >= 11 is 0. The molecule has 4 heteroatoms. The zero-order chi connectivity index (χ0) is 14.5. The molecular formula is C16H23N2O2+. The van der Waals surface area contributed by atoms with Gasteiger partial charge in [0.2, 0.25) is 0 Å². The fourth-order valence-corrected chi connectivity index (χ4v) is 2.81. The van der Waals surface area contributed by atoms with E-state index in [1.54, 1.807) is 18.2 Å². The Morgan fingerprint density at radius 1 is 1.40 bits per heavy atom. The number of anilines is 1. The maximum atomic E-state index is 12.1. The first-order valence-corrected chi connectivity index (χ1v) is 7.29. The largest absolute Gasteiger partial charge is 0.327 e. The molecule has 108 valence electrons. The summed E-state index contributed by atoms with van der Waals surface area (Å²) in [5.41, 5.74) is 1.33. The van der Waals surface area contributed by atoms with Gasteiger partial charge in [-0.25, -0.2) is 0 Å². The molecule has 1 heterocycles. The number of quaternary nitrogens is 1. The van der Waals surface area contributed by atoms with Crippen molar-refractivity contribution in [2.24, 2.45) is 5.92 Å². The normalized spacial score (nSPS) is 22.3.